The fourth-order valence-corrected chi connectivity index (χ4v) is 2.23. The molecular formula is C11H20N4S. The molecule has 1 aromatic rings. The number of unbranched alkanes of at least 4 members (excludes halogenated alkanes) is 1. The third-order valence-electron chi connectivity index (χ3n) is 2.69. The number of hydrogen-bond acceptors (Lipinski definition) is 5. The fraction of sp³-hybridized carbons (Fsp3) is 0.818. The summed E-state index contributed by atoms with van der Waals surface area (Å²) >= 11 is 1.50. The molecule has 1 saturated carbocycles. The van der Waals surface area contributed by atoms with Gasteiger partial charge in [0.15, 0.2) is 0 Å². The number of nitrogens with one attached hydrogen (secondary N) is 1. The fourth-order valence-electron chi connectivity index (χ4n) is 1.56. The van der Waals surface area contributed by atoms with Crippen LogP contribution in [0.5, 0.6) is 0 Å². The second-order valence-electron chi connectivity index (χ2n) is 4.67. The summed E-state index contributed by atoms with van der Waals surface area (Å²) in [5, 5.41) is 4.34. The summed E-state index contributed by atoms with van der Waals surface area (Å²) in [5.74, 6) is 1.72. The first-order chi connectivity index (χ1) is 7.75. The minimum atomic E-state index is 0.667. The van der Waals surface area contributed by atoms with Gasteiger partial charge in [0, 0.05) is 24.0 Å². The van der Waals surface area contributed by atoms with Crippen LogP contribution in [0.3, 0.4) is 0 Å². The Hall–Kier alpha value is -0.680. The lowest BCUT2D eigenvalue weighted by atomic mass is 10.3. The van der Waals surface area contributed by atoms with Crippen molar-refractivity contribution in [3.05, 3.63) is 5.82 Å². The minimum Gasteiger partial charge on any atom is -0.360 e. The molecule has 0 spiro atoms. The van der Waals surface area contributed by atoms with Crippen LogP contribution in [0.2, 0.25) is 0 Å². The second kappa shape index (κ2) is 5.59. The summed E-state index contributed by atoms with van der Waals surface area (Å²) in [6, 6.07) is 0. The average Bonchev–Trinajstić information content (AvgIpc) is 2.99. The maximum atomic E-state index is 4.49. The Morgan fingerprint density at radius 2 is 2.19 bits per heavy atom. The van der Waals surface area contributed by atoms with Crippen LogP contribution in [0.15, 0.2) is 0 Å². The molecule has 1 heterocycles. The Kier molecular flexibility index (Phi) is 4.12. The zero-order valence-corrected chi connectivity index (χ0v) is 10.9. The van der Waals surface area contributed by atoms with E-state index in [1.165, 1.54) is 37.2 Å². The number of anilines is 1. The van der Waals surface area contributed by atoms with Crippen molar-refractivity contribution in [1.29, 1.82) is 0 Å². The van der Waals surface area contributed by atoms with E-state index in [0.29, 0.717) is 5.92 Å². The Morgan fingerprint density at radius 3 is 2.88 bits per heavy atom. The molecule has 16 heavy (non-hydrogen) atoms. The van der Waals surface area contributed by atoms with Gasteiger partial charge in [-0.05, 0) is 46.3 Å². The van der Waals surface area contributed by atoms with Crippen LogP contribution in [0, 0.1) is 0 Å². The summed E-state index contributed by atoms with van der Waals surface area (Å²) in [5.41, 5.74) is 0. The molecule has 0 atom stereocenters. The van der Waals surface area contributed by atoms with Gasteiger partial charge in [-0.3, -0.25) is 0 Å². The van der Waals surface area contributed by atoms with E-state index in [2.05, 4.69) is 33.7 Å². The first-order valence-electron chi connectivity index (χ1n) is 5.98. The predicted octanol–water partition coefficient (Wildman–Crippen LogP) is 2.17. The highest BCUT2D eigenvalue weighted by Crippen LogP contribution is 2.39. The summed E-state index contributed by atoms with van der Waals surface area (Å²) < 4.78 is 4.37. The lowest BCUT2D eigenvalue weighted by Gasteiger charge is -2.08. The topological polar surface area (TPSA) is 41.0 Å². The van der Waals surface area contributed by atoms with E-state index in [1.54, 1.807) is 0 Å². The van der Waals surface area contributed by atoms with Gasteiger partial charge >= 0.3 is 0 Å². The van der Waals surface area contributed by atoms with E-state index in [0.717, 1.165) is 24.0 Å². The maximum absolute atomic E-state index is 4.49. The molecule has 5 heteroatoms. The molecule has 0 unspecified atom stereocenters. The van der Waals surface area contributed by atoms with Crippen molar-refractivity contribution >= 4 is 16.7 Å². The predicted molar refractivity (Wildman–Crippen MR) is 68.2 cm³/mol. The summed E-state index contributed by atoms with van der Waals surface area (Å²) in [7, 11) is 4.22. The van der Waals surface area contributed by atoms with Crippen molar-refractivity contribution < 1.29 is 0 Å². The quantitative estimate of drug-likeness (QED) is 0.742. The van der Waals surface area contributed by atoms with Gasteiger partial charge < -0.3 is 10.2 Å². The van der Waals surface area contributed by atoms with Crippen LogP contribution in [0.4, 0.5) is 5.13 Å². The molecule has 2 rings (SSSR count). The standard InChI is InChI=1S/C11H20N4S/c1-15(2)8-4-3-7-12-11-13-10(14-16-11)9-5-6-9/h9H,3-8H2,1-2H3,(H,12,13,14). The smallest absolute Gasteiger partial charge is 0.202 e. The Bertz CT molecular complexity index is 320. The monoisotopic (exact) mass is 240 g/mol. The van der Waals surface area contributed by atoms with Crippen molar-refractivity contribution in [3.8, 4) is 0 Å². The van der Waals surface area contributed by atoms with Gasteiger partial charge in [-0.1, -0.05) is 0 Å². The molecule has 0 aromatic carbocycles. The minimum absolute atomic E-state index is 0.667. The molecule has 1 N–H and O–H groups in total. The van der Waals surface area contributed by atoms with Crippen LogP contribution in [-0.4, -0.2) is 41.4 Å². The molecular weight excluding hydrogens is 220 g/mol. The van der Waals surface area contributed by atoms with Crippen LogP contribution < -0.4 is 5.32 Å². The van der Waals surface area contributed by atoms with Gasteiger partial charge in [0.1, 0.15) is 5.82 Å². The lowest BCUT2D eigenvalue weighted by molar-refractivity contribution is 0.396. The van der Waals surface area contributed by atoms with Crippen LogP contribution in [0.1, 0.15) is 37.4 Å². The summed E-state index contributed by atoms with van der Waals surface area (Å²) in [6.45, 7) is 2.16. The molecule has 1 aliphatic carbocycles. The lowest BCUT2D eigenvalue weighted by Crippen LogP contribution is -2.14. The normalized spacial score (nSPS) is 15.7. The third-order valence-corrected chi connectivity index (χ3v) is 3.38. The highest BCUT2D eigenvalue weighted by molar-refractivity contribution is 7.09. The number of nitrogens with zero attached hydrogens (tertiary/aromatic N) is 3. The largest absolute Gasteiger partial charge is 0.360 e. The molecule has 0 radical (unpaired) electrons. The summed E-state index contributed by atoms with van der Waals surface area (Å²) in [6.07, 6.45) is 4.98. The molecule has 4 nitrogen and oxygen atoms in total. The highest BCUT2D eigenvalue weighted by atomic mass is 32.1. The van der Waals surface area contributed by atoms with Gasteiger partial charge in [-0.25, -0.2) is 4.98 Å². The number of aromatic nitrogens is 2. The first-order valence-corrected chi connectivity index (χ1v) is 6.75. The zero-order valence-electron chi connectivity index (χ0n) is 10.1. The van der Waals surface area contributed by atoms with Gasteiger partial charge in [-0.15, -0.1) is 0 Å². The van der Waals surface area contributed by atoms with E-state index in [1.807, 2.05) is 0 Å². The van der Waals surface area contributed by atoms with Crippen molar-refractivity contribution in [2.45, 2.75) is 31.6 Å². The van der Waals surface area contributed by atoms with Crippen molar-refractivity contribution in [1.82, 2.24) is 14.3 Å². The summed E-state index contributed by atoms with van der Waals surface area (Å²) in [4.78, 5) is 6.71. The number of rotatable bonds is 7. The second-order valence-corrected chi connectivity index (χ2v) is 5.42. The highest BCUT2D eigenvalue weighted by Gasteiger charge is 2.27. The van der Waals surface area contributed by atoms with Gasteiger partial charge in [0.25, 0.3) is 0 Å². The Balaban J connectivity index is 1.61. The first kappa shape index (κ1) is 11.8. The third kappa shape index (κ3) is 3.72. The Morgan fingerprint density at radius 1 is 1.38 bits per heavy atom. The van der Waals surface area contributed by atoms with Crippen molar-refractivity contribution in [2.24, 2.45) is 0 Å². The molecule has 1 fully saturated rings. The number of hydrogen-bond donors (Lipinski definition) is 1. The maximum Gasteiger partial charge on any atom is 0.202 e. The van der Waals surface area contributed by atoms with Gasteiger partial charge in [0.05, 0.1) is 0 Å². The van der Waals surface area contributed by atoms with E-state index in [9.17, 15) is 0 Å². The molecule has 90 valence electrons. The average molecular weight is 240 g/mol. The van der Waals surface area contributed by atoms with Gasteiger partial charge in [0.2, 0.25) is 5.13 Å². The van der Waals surface area contributed by atoms with E-state index < -0.39 is 0 Å². The molecule has 1 aromatic heterocycles. The van der Waals surface area contributed by atoms with Crippen LogP contribution in [-0.2, 0) is 0 Å². The van der Waals surface area contributed by atoms with Crippen molar-refractivity contribution in [2.75, 3.05) is 32.5 Å². The SMILES string of the molecule is CN(C)CCCCNc1nc(C2CC2)ns1. The molecule has 0 amide bonds. The van der Waals surface area contributed by atoms with Crippen LogP contribution >= 0.6 is 11.5 Å². The molecule has 0 aliphatic heterocycles. The molecule has 0 bridgehead atoms. The van der Waals surface area contributed by atoms with Crippen molar-refractivity contribution in [3.63, 3.8) is 0 Å². The zero-order chi connectivity index (χ0) is 11.4. The Labute approximate surface area is 101 Å². The van der Waals surface area contributed by atoms with Crippen LogP contribution in [0.25, 0.3) is 0 Å². The molecule has 0 saturated heterocycles. The van der Waals surface area contributed by atoms with E-state index in [-0.39, 0.29) is 0 Å². The van der Waals surface area contributed by atoms with E-state index in [4.69, 9.17) is 0 Å². The van der Waals surface area contributed by atoms with Gasteiger partial charge in [-0.2, -0.15) is 4.37 Å². The molecule has 1 aliphatic rings. The van der Waals surface area contributed by atoms with E-state index >= 15 is 0 Å².